The third-order valence-electron chi connectivity index (χ3n) is 6.22. The number of primary amides is 1. The van der Waals surface area contributed by atoms with Crippen molar-refractivity contribution in [1.82, 2.24) is 4.90 Å². The van der Waals surface area contributed by atoms with Gasteiger partial charge in [0.1, 0.15) is 5.75 Å². The van der Waals surface area contributed by atoms with E-state index in [9.17, 15) is 4.79 Å². The number of methoxy groups -OCH3 is 1. The van der Waals surface area contributed by atoms with Crippen LogP contribution in [0.3, 0.4) is 0 Å². The minimum absolute atomic E-state index is 0.0666. The van der Waals surface area contributed by atoms with Crippen molar-refractivity contribution in [2.24, 2.45) is 5.73 Å². The highest BCUT2D eigenvalue weighted by molar-refractivity contribution is 6.42. The van der Waals surface area contributed by atoms with E-state index < -0.39 is 6.03 Å². The van der Waals surface area contributed by atoms with E-state index in [0.29, 0.717) is 16.6 Å². The maximum Gasteiger partial charge on any atom is 0.319 e. The van der Waals surface area contributed by atoms with Crippen molar-refractivity contribution in [3.63, 3.8) is 0 Å². The molecule has 0 atom stereocenters. The third-order valence-corrected chi connectivity index (χ3v) is 6.96. The minimum atomic E-state index is -0.398. The third kappa shape index (κ3) is 4.02. The van der Waals surface area contributed by atoms with E-state index in [0.717, 1.165) is 49.5 Å². The van der Waals surface area contributed by atoms with Gasteiger partial charge in [-0.3, -0.25) is 9.80 Å². The van der Waals surface area contributed by atoms with Gasteiger partial charge in [0, 0.05) is 24.2 Å². The summed E-state index contributed by atoms with van der Waals surface area (Å²) in [6, 6.07) is 11.1. The van der Waals surface area contributed by atoms with Crippen molar-refractivity contribution >= 4 is 41.0 Å². The van der Waals surface area contributed by atoms with Crippen molar-refractivity contribution in [2.45, 2.75) is 18.3 Å². The van der Waals surface area contributed by atoms with Crippen molar-refractivity contribution in [3.8, 4) is 5.75 Å². The second-order valence-corrected chi connectivity index (χ2v) is 8.78. The number of anilines is 1. The van der Waals surface area contributed by atoms with Crippen molar-refractivity contribution < 1.29 is 9.53 Å². The number of piperidine rings is 1. The number of ether oxygens (including phenoxy) is 1. The zero-order chi connectivity index (χ0) is 21.3. The molecule has 1 saturated heterocycles. The molecular formula is C23H25Cl2N3O2. The summed E-state index contributed by atoms with van der Waals surface area (Å²) >= 11 is 12.1. The molecule has 5 nitrogen and oxygen atoms in total. The van der Waals surface area contributed by atoms with Crippen molar-refractivity contribution in [3.05, 3.63) is 63.6 Å². The number of amides is 2. The molecule has 2 N–H and O–H groups in total. The summed E-state index contributed by atoms with van der Waals surface area (Å²) in [5.74, 6) is 0.812. The van der Waals surface area contributed by atoms with E-state index in [4.69, 9.17) is 33.7 Å². The molecule has 1 spiro atoms. The summed E-state index contributed by atoms with van der Waals surface area (Å²) in [4.78, 5) is 16.1. The van der Waals surface area contributed by atoms with Gasteiger partial charge >= 0.3 is 6.03 Å². The fourth-order valence-corrected chi connectivity index (χ4v) is 4.82. The lowest BCUT2D eigenvalue weighted by Gasteiger charge is -2.39. The van der Waals surface area contributed by atoms with Crippen LogP contribution in [0, 0.1) is 0 Å². The van der Waals surface area contributed by atoms with Crippen molar-refractivity contribution in [1.29, 1.82) is 0 Å². The predicted molar refractivity (Wildman–Crippen MR) is 123 cm³/mol. The zero-order valence-corrected chi connectivity index (χ0v) is 18.4. The summed E-state index contributed by atoms with van der Waals surface area (Å²) in [7, 11) is 1.66. The van der Waals surface area contributed by atoms with Gasteiger partial charge in [-0.1, -0.05) is 41.4 Å². The van der Waals surface area contributed by atoms with Crippen LogP contribution in [0.15, 0.2) is 42.5 Å². The Morgan fingerprint density at radius 1 is 1.17 bits per heavy atom. The van der Waals surface area contributed by atoms with Gasteiger partial charge in [-0.25, -0.2) is 4.79 Å². The van der Waals surface area contributed by atoms with E-state index in [1.165, 1.54) is 5.56 Å². The monoisotopic (exact) mass is 445 g/mol. The Hall–Kier alpha value is -2.21. The lowest BCUT2D eigenvalue weighted by molar-refractivity contribution is 0.180. The van der Waals surface area contributed by atoms with Crippen LogP contribution in [-0.4, -0.2) is 44.2 Å². The number of carbonyl (C=O) groups is 1. The summed E-state index contributed by atoms with van der Waals surface area (Å²) < 4.78 is 5.43. The number of benzene rings is 2. The molecule has 0 aliphatic carbocycles. The predicted octanol–water partition coefficient (Wildman–Crippen LogP) is 4.95. The molecule has 4 rings (SSSR count). The topological polar surface area (TPSA) is 58.8 Å². The van der Waals surface area contributed by atoms with Crippen LogP contribution in [0.2, 0.25) is 10.0 Å². The van der Waals surface area contributed by atoms with Crippen LogP contribution in [0.1, 0.15) is 24.0 Å². The van der Waals surface area contributed by atoms with Gasteiger partial charge in [0.05, 0.1) is 17.2 Å². The SMILES string of the molecule is COc1ccc2c(c1)C1(CCN(C/C=C/c3ccc(Cl)c(Cl)c3)CC1)CN2C(N)=O. The van der Waals surface area contributed by atoms with E-state index >= 15 is 0 Å². The zero-order valence-electron chi connectivity index (χ0n) is 16.9. The van der Waals surface area contributed by atoms with Gasteiger partial charge in [-0.2, -0.15) is 0 Å². The molecular weight excluding hydrogens is 421 g/mol. The Bertz CT molecular complexity index is 984. The Morgan fingerprint density at radius 2 is 1.93 bits per heavy atom. The maximum atomic E-state index is 12.0. The molecule has 2 aliphatic heterocycles. The van der Waals surface area contributed by atoms with Crippen LogP contribution in [0.25, 0.3) is 6.08 Å². The number of nitrogens with zero attached hydrogens (tertiary/aromatic N) is 2. The highest BCUT2D eigenvalue weighted by Gasteiger charge is 2.46. The Balaban J connectivity index is 1.44. The molecule has 2 aromatic rings. The Morgan fingerprint density at radius 3 is 2.60 bits per heavy atom. The number of carbonyl (C=O) groups excluding carboxylic acids is 1. The number of urea groups is 1. The smallest absolute Gasteiger partial charge is 0.319 e. The Labute approximate surface area is 187 Å². The molecule has 2 heterocycles. The van der Waals surface area contributed by atoms with E-state index in [2.05, 4.69) is 23.1 Å². The molecule has 0 aromatic heterocycles. The average Bonchev–Trinajstić information content (AvgIpc) is 3.06. The van der Waals surface area contributed by atoms with Crippen LogP contribution in [0.5, 0.6) is 5.75 Å². The molecule has 2 amide bonds. The maximum absolute atomic E-state index is 12.0. The normalized spacial score (nSPS) is 18.2. The van der Waals surface area contributed by atoms with Gasteiger partial charge in [0.15, 0.2) is 0 Å². The molecule has 0 bridgehead atoms. The first-order chi connectivity index (χ1) is 14.4. The quantitative estimate of drug-likeness (QED) is 0.723. The standard InChI is InChI=1S/C23H25Cl2N3O2/c1-30-17-5-7-21-18(14-17)23(15-28(21)22(26)29)8-11-27(12-9-23)10-2-3-16-4-6-19(24)20(25)13-16/h2-7,13-14H,8-12,15H2,1H3,(H2,26,29)/b3-2+. The molecule has 0 saturated carbocycles. The Kier molecular flexibility index (Phi) is 5.96. The summed E-state index contributed by atoms with van der Waals surface area (Å²) in [5, 5.41) is 1.13. The van der Waals surface area contributed by atoms with Gasteiger partial charge < -0.3 is 10.5 Å². The molecule has 0 unspecified atom stereocenters. The second kappa shape index (κ2) is 8.50. The molecule has 0 radical (unpaired) electrons. The number of halogens is 2. The first-order valence-electron chi connectivity index (χ1n) is 10.0. The van der Waals surface area contributed by atoms with Crippen LogP contribution < -0.4 is 15.4 Å². The molecule has 1 fully saturated rings. The van der Waals surface area contributed by atoms with Gasteiger partial charge in [-0.15, -0.1) is 0 Å². The van der Waals surface area contributed by atoms with Gasteiger partial charge in [0.25, 0.3) is 0 Å². The van der Waals surface area contributed by atoms with E-state index in [-0.39, 0.29) is 5.41 Å². The van der Waals surface area contributed by atoms with Crippen LogP contribution in [0.4, 0.5) is 10.5 Å². The molecule has 30 heavy (non-hydrogen) atoms. The fraction of sp³-hybridized carbons (Fsp3) is 0.348. The fourth-order valence-electron chi connectivity index (χ4n) is 4.52. The van der Waals surface area contributed by atoms with Gasteiger partial charge in [-0.05, 0) is 67.4 Å². The molecule has 2 aromatic carbocycles. The van der Waals surface area contributed by atoms with E-state index in [1.54, 1.807) is 12.0 Å². The number of hydrogen-bond donors (Lipinski definition) is 1. The number of hydrogen-bond acceptors (Lipinski definition) is 3. The molecule has 158 valence electrons. The first-order valence-corrected chi connectivity index (χ1v) is 10.8. The lowest BCUT2D eigenvalue weighted by Crippen LogP contribution is -2.46. The summed E-state index contributed by atoms with van der Waals surface area (Å²) in [6.45, 7) is 3.41. The van der Waals surface area contributed by atoms with Gasteiger partial charge in [0.2, 0.25) is 0 Å². The highest BCUT2D eigenvalue weighted by atomic mass is 35.5. The van der Waals surface area contributed by atoms with Crippen LogP contribution >= 0.6 is 23.2 Å². The van der Waals surface area contributed by atoms with Crippen molar-refractivity contribution in [2.75, 3.05) is 38.2 Å². The highest BCUT2D eigenvalue weighted by Crippen LogP contribution is 2.48. The number of nitrogens with two attached hydrogens (primary N) is 1. The molecule has 2 aliphatic rings. The van der Waals surface area contributed by atoms with Crippen LogP contribution in [-0.2, 0) is 5.41 Å². The average molecular weight is 446 g/mol. The molecule has 7 heteroatoms. The summed E-state index contributed by atoms with van der Waals surface area (Å²) in [6.07, 6.45) is 6.16. The first kappa shape index (κ1) is 21.0. The summed E-state index contributed by atoms with van der Waals surface area (Å²) in [5.41, 5.74) is 8.71. The number of fused-ring (bicyclic) bond motifs is 2. The lowest BCUT2D eigenvalue weighted by atomic mass is 9.74. The largest absolute Gasteiger partial charge is 0.497 e. The minimum Gasteiger partial charge on any atom is -0.497 e. The second-order valence-electron chi connectivity index (χ2n) is 7.96. The number of rotatable bonds is 4. The van der Waals surface area contributed by atoms with E-state index in [1.807, 2.05) is 30.3 Å². The number of likely N-dealkylation sites (tertiary alicyclic amines) is 1.